The van der Waals surface area contributed by atoms with Crippen molar-refractivity contribution in [2.75, 3.05) is 31.1 Å². The number of halogens is 1. The van der Waals surface area contributed by atoms with Crippen LogP contribution in [0.25, 0.3) is 0 Å². The van der Waals surface area contributed by atoms with Gasteiger partial charge in [0.1, 0.15) is 5.82 Å². The molecule has 3 aromatic rings. The van der Waals surface area contributed by atoms with Crippen molar-refractivity contribution >= 4 is 28.8 Å². The Hall–Kier alpha value is -4.51. The number of nitrogens with zero attached hydrogens (tertiary/aromatic N) is 4. The number of nitro benzene ring substituents is 2. The van der Waals surface area contributed by atoms with E-state index in [1.807, 2.05) is 0 Å². The number of anilines is 1. The SMILES string of the molecule is O=C(c1ccc(F)cc1)C1CCN(CCN(C(=O)c2ccc([N+](=O)[O-])cc2)c2cccc([N+](=O)[O-])c2)CC1. The zero-order valence-corrected chi connectivity index (χ0v) is 20.4. The van der Waals surface area contributed by atoms with Crippen LogP contribution in [0.1, 0.15) is 33.6 Å². The number of carbonyl (C=O) groups is 2. The Kier molecular flexibility index (Phi) is 8.17. The Bertz CT molecular complexity index is 1340. The van der Waals surface area contributed by atoms with Gasteiger partial charge in [-0.1, -0.05) is 6.07 Å². The molecule has 11 heteroatoms. The second-order valence-electron chi connectivity index (χ2n) is 9.02. The Labute approximate surface area is 217 Å². The van der Waals surface area contributed by atoms with Crippen LogP contribution in [0.15, 0.2) is 72.8 Å². The molecule has 0 atom stereocenters. The lowest BCUT2D eigenvalue weighted by Crippen LogP contribution is -2.42. The van der Waals surface area contributed by atoms with Crippen molar-refractivity contribution in [3.8, 4) is 0 Å². The van der Waals surface area contributed by atoms with Gasteiger partial charge in [0.05, 0.1) is 15.5 Å². The smallest absolute Gasteiger partial charge is 0.271 e. The highest BCUT2D eigenvalue weighted by atomic mass is 19.1. The van der Waals surface area contributed by atoms with Crippen molar-refractivity contribution in [2.45, 2.75) is 12.8 Å². The van der Waals surface area contributed by atoms with Gasteiger partial charge in [0.25, 0.3) is 17.3 Å². The van der Waals surface area contributed by atoms with E-state index in [4.69, 9.17) is 0 Å². The first-order valence-corrected chi connectivity index (χ1v) is 12.1. The van der Waals surface area contributed by atoms with Gasteiger partial charge in [0.15, 0.2) is 5.78 Å². The number of carbonyl (C=O) groups excluding carboxylic acids is 2. The van der Waals surface area contributed by atoms with Gasteiger partial charge in [0.2, 0.25) is 0 Å². The predicted octanol–water partition coefficient (Wildman–Crippen LogP) is 4.88. The Morgan fingerprint density at radius 1 is 0.868 bits per heavy atom. The highest BCUT2D eigenvalue weighted by molar-refractivity contribution is 6.06. The largest absolute Gasteiger partial charge is 0.307 e. The Balaban J connectivity index is 1.45. The molecule has 1 fully saturated rings. The molecule has 1 heterocycles. The Morgan fingerprint density at radius 3 is 2.08 bits per heavy atom. The van der Waals surface area contributed by atoms with E-state index in [-0.39, 0.29) is 35.2 Å². The molecule has 0 aromatic heterocycles. The standard InChI is InChI=1S/C27H25FN4O6/c28-22-8-4-19(5-9-22)26(33)20-12-14-29(15-13-20)16-17-30(24-2-1-3-25(18-24)32(37)38)27(34)21-6-10-23(11-7-21)31(35)36/h1-11,18,20H,12-17H2. The normalized spacial score (nSPS) is 14.1. The second-order valence-corrected chi connectivity index (χ2v) is 9.02. The summed E-state index contributed by atoms with van der Waals surface area (Å²) in [6.45, 7) is 1.91. The van der Waals surface area contributed by atoms with Crippen LogP contribution in [0.3, 0.4) is 0 Å². The molecule has 1 saturated heterocycles. The first-order valence-electron chi connectivity index (χ1n) is 12.1. The Morgan fingerprint density at radius 2 is 1.47 bits per heavy atom. The van der Waals surface area contributed by atoms with E-state index < -0.39 is 21.6 Å². The molecule has 1 aliphatic heterocycles. The number of rotatable bonds is 9. The summed E-state index contributed by atoms with van der Waals surface area (Å²) in [5, 5.41) is 22.3. The van der Waals surface area contributed by atoms with Gasteiger partial charge in [-0.2, -0.15) is 0 Å². The summed E-state index contributed by atoms with van der Waals surface area (Å²) < 4.78 is 13.2. The lowest BCUT2D eigenvalue weighted by molar-refractivity contribution is -0.385. The molecule has 1 amide bonds. The predicted molar refractivity (Wildman–Crippen MR) is 138 cm³/mol. The molecule has 0 radical (unpaired) electrons. The molecule has 10 nitrogen and oxygen atoms in total. The van der Waals surface area contributed by atoms with E-state index in [9.17, 15) is 34.2 Å². The maximum atomic E-state index is 13.4. The zero-order valence-electron chi connectivity index (χ0n) is 20.4. The monoisotopic (exact) mass is 520 g/mol. The second kappa shape index (κ2) is 11.7. The number of Topliss-reactive ketones (excluding diaryl/α,β-unsaturated/α-hetero) is 1. The van der Waals surface area contributed by atoms with E-state index in [0.717, 1.165) is 0 Å². The molecule has 0 aliphatic carbocycles. The summed E-state index contributed by atoms with van der Waals surface area (Å²) in [6, 6.07) is 16.5. The number of hydrogen-bond donors (Lipinski definition) is 0. The molecule has 38 heavy (non-hydrogen) atoms. The van der Waals surface area contributed by atoms with Gasteiger partial charge < -0.3 is 9.80 Å². The third kappa shape index (κ3) is 6.24. The first-order chi connectivity index (χ1) is 18.2. The quantitative estimate of drug-likeness (QED) is 0.223. The summed E-state index contributed by atoms with van der Waals surface area (Å²) in [5.41, 5.74) is 0.718. The maximum absolute atomic E-state index is 13.4. The lowest BCUT2D eigenvalue weighted by Gasteiger charge is -2.33. The molecule has 0 N–H and O–H groups in total. The fourth-order valence-corrected chi connectivity index (χ4v) is 4.51. The van der Waals surface area contributed by atoms with Gasteiger partial charge in [-0.05, 0) is 68.4 Å². The van der Waals surface area contributed by atoms with Gasteiger partial charge in [-0.3, -0.25) is 29.8 Å². The third-order valence-corrected chi connectivity index (χ3v) is 6.65. The van der Waals surface area contributed by atoms with Crippen LogP contribution in [0.2, 0.25) is 0 Å². The summed E-state index contributed by atoms with van der Waals surface area (Å²) in [6.07, 6.45) is 1.23. The van der Waals surface area contributed by atoms with Crippen molar-refractivity contribution in [1.82, 2.24) is 4.90 Å². The van der Waals surface area contributed by atoms with E-state index in [2.05, 4.69) is 4.90 Å². The van der Waals surface area contributed by atoms with E-state index >= 15 is 0 Å². The van der Waals surface area contributed by atoms with Crippen molar-refractivity contribution in [3.63, 3.8) is 0 Å². The summed E-state index contributed by atoms with van der Waals surface area (Å²) in [7, 11) is 0. The van der Waals surface area contributed by atoms with Gasteiger partial charge in [0, 0.05) is 54.4 Å². The average Bonchev–Trinajstić information content (AvgIpc) is 2.93. The van der Waals surface area contributed by atoms with Crippen molar-refractivity contribution in [3.05, 3.63) is 110 Å². The molecule has 196 valence electrons. The average molecular weight is 521 g/mol. The number of benzene rings is 3. The van der Waals surface area contributed by atoms with Crippen LogP contribution < -0.4 is 4.90 Å². The fraction of sp³-hybridized carbons (Fsp3) is 0.259. The molecule has 0 saturated carbocycles. The minimum absolute atomic E-state index is 0.0174. The lowest BCUT2D eigenvalue weighted by atomic mass is 9.89. The number of hydrogen-bond acceptors (Lipinski definition) is 7. The third-order valence-electron chi connectivity index (χ3n) is 6.65. The van der Waals surface area contributed by atoms with Crippen molar-refractivity contribution < 1.29 is 23.8 Å². The number of likely N-dealkylation sites (tertiary alicyclic amines) is 1. The van der Waals surface area contributed by atoms with Gasteiger partial charge in [-0.25, -0.2) is 4.39 Å². The maximum Gasteiger partial charge on any atom is 0.271 e. The topological polar surface area (TPSA) is 127 Å². The number of amides is 1. The molecule has 1 aliphatic rings. The van der Waals surface area contributed by atoms with Crippen LogP contribution in [-0.4, -0.2) is 52.6 Å². The van der Waals surface area contributed by atoms with E-state index in [1.54, 1.807) is 6.07 Å². The minimum Gasteiger partial charge on any atom is -0.307 e. The summed E-state index contributed by atoms with van der Waals surface area (Å²) in [5.74, 6) is -1.03. The van der Waals surface area contributed by atoms with Crippen LogP contribution in [0.4, 0.5) is 21.5 Å². The number of piperidine rings is 1. The van der Waals surface area contributed by atoms with E-state index in [0.29, 0.717) is 43.7 Å². The molecule has 0 bridgehead atoms. The number of ketones is 1. The van der Waals surface area contributed by atoms with Crippen LogP contribution in [0.5, 0.6) is 0 Å². The van der Waals surface area contributed by atoms with Crippen LogP contribution in [0, 0.1) is 32.0 Å². The molecule has 0 unspecified atom stereocenters. The minimum atomic E-state index is -0.559. The highest BCUT2D eigenvalue weighted by Gasteiger charge is 2.27. The molecule has 3 aromatic carbocycles. The zero-order chi connectivity index (χ0) is 27.2. The number of nitro groups is 2. The van der Waals surface area contributed by atoms with Crippen LogP contribution >= 0.6 is 0 Å². The highest BCUT2D eigenvalue weighted by Crippen LogP contribution is 2.25. The van der Waals surface area contributed by atoms with Crippen molar-refractivity contribution in [1.29, 1.82) is 0 Å². The fourth-order valence-electron chi connectivity index (χ4n) is 4.51. The van der Waals surface area contributed by atoms with Gasteiger partial charge in [-0.15, -0.1) is 0 Å². The van der Waals surface area contributed by atoms with Gasteiger partial charge >= 0.3 is 0 Å². The van der Waals surface area contributed by atoms with Crippen LogP contribution in [-0.2, 0) is 0 Å². The molecule has 4 rings (SSSR count). The molecule has 0 spiro atoms. The number of non-ortho nitro benzene ring substituents is 2. The van der Waals surface area contributed by atoms with Crippen molar-refractivity contribution in [2.24, 2.45) is 5.92 Å². The summed E-state index contributed by atoms with van der Waals surface area (Å²) >= 11 is 0. The summed E-state index contributed by atoms with van der Waals surface area (Å²) in [4.78, 5) is 50.9. The first kappa shape index (κ1) is 26.6. The molecular weight excluding hydrogens is 495 g/mol. The van der Waals surface area contributed by atoms with E-state index in [1.165, 1.54) is 71.6 Å². The molecular formula is C27H25FN4O6.